The molecule has 31 heavy (non-hydrogen) atoms. The Balaban J connectivity index is 1.86. The summed E-state index contributed by atoms with van der Waals surface area (Å²) in [6.45, 7) is 8.99. The second-order valence-corrected chi connectivity index (χ2v) is 8.57. The van der Waals surface area contributed by atoms with Crippen LogP contribution in [0.15, 0.2) is 42.5 Å². The third-order valence-electron chi connectivity index (χ3n) is 6.16. The van der Waals surface area contributed by atoms with Crippen molar-refractivity contribution in [2.24, 2.45) is 5.92 Å². The molecule has 0 aromatic heterocycles. The number of ether oxygens (including phenoxy) is 2. The molecule has 2 aromatic carbocycles. The van der Waals surface area contributed by atoms with Crippen LogP contribution < -0.4 is 9.47 Å². The lowest BCUT2D eigenvalue weighted by Crippen LogP contribution is -2.40. The minimum absolute atomic E-state index is 0.107. The molecule has 1 N–H and O–H groups in total. The van der Waals surface area contributed by atoms with Gasteiger partial charge in [-0.3, -0.25) is 9.69 Å². The van der Waals surface area contributed by atoms with Crippen molar-refractivity contribution in [1.29, 1.82) is 0 Å². The van der Waals surface area contributed by atoms with Gasteiger partial charge < -0.3 is 19.5 Å². The van der Waals surface area contributed by atoms with Crippen molar-refractivity contribution in [1.82, 2.24) is 9.80 Å². The van der Waals surface area contributed by atoms with Gasteiger partial charge in [-0.25, -0.2) is 0 Å². The van der Waals surface area contributed by atoms with E-state index < -0.39 is 0 Å². The van der Waals surface area contributed by atoms with Crippen LogP contribution in [0.3, 0.4) is 0 Å². The summed E-state index contributed by atoms with van der Waals surface area (Å²) in [4.78, 5) is 16.6. The van der Waals surface area contributed by atoms with Crippen LogP contribution in [-0.2, 0) is 11.3 Å². The number of nitrogens with zero attached hydrogens (tertiary/aromatic N) is 2. The van der Waals surface area contributed by atoms with Crippen molar-refractivity contribution in [3.8, 4) is 17.2 Å². The average molecular weight is 427 g/mol. The quantitative estimate of drug-likeness (QED) is 0.694. The third-order valence-corrected chi connectivity index (χ3v) is 6.16. The number of carbonyl (C=O) groups is 1. The summed E-state index contributed by atoms with van der Waals surface area (Å²) in [6.07, 6.45) is 0. The first-order valence-corrected chi connectivity index (χ1v) is 10.8. The van der Waals surface area contributed by atoms with Crippen molar-refractivity contribution in [2.45, 2.75) is 39.3 Å². The Bertz CT molecular complexity index is 899. The maximum Gasteiger partial charge on any atom is 0.219 e. The molecule has 2 atom stereocenters. The molecule has 0 radical (unpaired) electrons. The van der Waals surface area contributed by atoms with Crippen LogP contribution >= 0.6 is 0 Å². The molecule has 6 nitrogen and oxygen atoms in total. The summed E-state index contributed by atoms with van der Waals surface area (Å²) >= 11 is 0. The molecular weight excluding hydrogens is 392 g/mol. The number of phenols is 1. The predicted octanol–water partition coefficient (Wildman–Crippen LogP) is 3.88. The van der Waals surface area contributed by atoms with Crippen molar-refractivity contribution in [3.05, 3.63) is 53.6 Å². The zero-order valence-electron chi connectivity index (χ0n) is 19.2. The molecule has 0 saturated carbocycles. The van der Waals surface area contributed by atoms with Crippen molar-refractivity contribution >= 4 is 5.91 Å². The second kappa shape index (κ2) is 10.1. The zero-order valence-corrected chi connectivity index (χ0v) is 19.2. The molecule has 1 heterocycles. The average Bonchev–Trinajstić information content (AvgIpc) is 3.14. The minimum atomic E-state index is 0.107. The SMILES string of the molecule is COc1cc(CN2CC(CN(C(C)=O)C(C)C)C(c3ccccc3OC)C2)ccc1O. The first kappa shape index (κ1) is 22.9. The van der Waals surface area contributed by atoms with Crippen LogP contribution in [0.2, 0.25) is 0 Å². The van der Waals surface area contributed by atoms with E-state index in [1.807, 2.05) is 35.2 Å². The molecular formula is C25H34N2O4. The Morgan fingerprint density at radius 2 is 1.84 bits per heavy atom. The molecule has 0 spiro atoms. The van der Waals surface area contributed by atoms with E-state index >= 15 is 0 Å². The van der Waals surface area contributed by atoms with Gasteiger partial charge in [-0.15, -0.1) is 0 Å². The van der Waals surface area contributed by atoms with E-state index in [2.05, 4.69) is 24.8 Å². The highest BCUT2D eigenvalue weighted by Crippen LogP contribution is 2.39. The molecule has 1 saturated heterocycles. The second-order valence-electron chi connectivity index (χ2n) is 8.57. The van der Waals surface area contributed by atoms with Crippen molar-refractivity contribution in [2.75, 3.05) is 33.9 Å². The van der Waals surface area contributed by atoms with Gasteiger partial charge in [0.1, 0.15) is 5.75 Å². The first-order chi connectivity index (χ1) is 14.8. The number of carbonyl (C=O) groups excluding carboxylic acids is 1. The number of likely N-dealkylation sites (tertiary alicyclic amines) is 1. The monoisotopic (exact) mass is 426 g/mol. The summed E-state index contributed by atoms with van der Waals surface area (Å²) < 4.78 is 10.9. The van der Waals surface area contributed by atoms with Gasteiger partial charge in [0.05, 0.1) is 14.2 Å². The third kappa shape index (κ3) is 5.31. The van der Waals surface area contributed by atoms with Gasteiger partial charge in [0, 0.05) is 45.1 Å². The predicted molar refractivity (Wildman–Crippen MR) is 122 cm³/mol. The molecule has 2 unspecified atom stereocenters. The van der Waals surface area contributed by atoms with Crippen LogP contribution in [0.1, 0.15) is 37.8 Å². The summed E-state index contributed by atoms with van der Waals surface area (Å²) in [5.74, 6) is 2.18. The smallest absolute Gasteiger partial charge is 0.219 e. The molecule has 1 aliphatic heterocycles. The standard InChI is InChI=1S/C25H34N2O4/c1-17(2)27(18(3)28)15-20-14-26(13-19-10-11-23(29)25(12-19)31-5)16-22(20)21-8-6-7-9-24(21)30-4/h6-12,17,20,22,29H,13-16H2,1-5H3. The van der Waals surface area contributed by atoms with Gasteiger partial charge in [-0.1, -0.05) is 24.3 Å². The number of phenolic OH excluding ortho intramolecular Hbond substituents is 1. The van der Waals surface area contributed by atoms with Gasteiger partial charge in [-0.05, 0) is 49.1 Å². The lowest BCUT2D eigenvalue weighted by Gasteiger charge is -2.31. The fourth-order valence-electron chi connectivity index (χ4n) is 4.63. The van der Waals surface area contributed by atoms with E-state index in [9.17, 15) is 9.90 Å². The maximum absolute atomic E-state index is 12.3. The fraction of sp³-hybridized carbons (Fsp3) is 0.480. The van der Waals surface area contributed by atoms with Gasteiger partial charge in [-0.2, -0.15) is 0 Å². The number of methoxy groups -OCH3 is 2. The number of rotatable bonds is 8. The lowest BCUT2D eigenvalue weighted by molar-refractivity contribution is -0.131. The van der Waals surface area contributed by atoms with Crippen LogP contribution in [-0.4, -0.2) is 60.7 Å². The highest BCUT2D eigenvalue weighted by Gasteiger charge is 2.37. The Labute approximate surface area is 185 Å². The van der Waals surface area contributed by atoms with Crippen molar-refractivity contribution in [3.63, 3.8) is 0 Å². The van der Waals surface area contributed by atoms with Gasteiger partial charge in [0.25, 0.3) is 0 Å². The van der Waals surface area contributed by atoms with Gasteiger partial charge >= 0.3 is 0 Å². The molecule has 1 fully saturated rings. The van der Waals surface area contributed by atoms with E-state index in [0.29, 0.717) is 18.2 Å². The van der Waals surface area contributed by atoms with Crippen molar-refractivity contribution < 1.29 is 19.4 Å². The number of hydrogen-bond acceptors (Lipinski definition) is 5. The summed E-state index contributed by atoms with van der Waals surface area (Å²) in [7, 11) is 3.27. The number of hydrogen-bond donors (Lipinski definition) is 1. The van der Waals surface area contributed by atoms with E-state index in [1.54, 1.807) is 27.2 Å². The van der Waals surface area contributed by atoms with Gasteiger partial charge in [0.2, 0.25) is 5.91 Å². The largest absolute Gasteiger partial charge is 0.504 e. The minimum Gasteiger partial charge on any atom is -0.504 e. The Kier molecular flexibility index (Phi) is 7.44. The zero-order chi connectivity index (χ0) is 22.5. The number of benzene rings is 2. The lowest BCUT2D eigenvalue weighted by atomic mass is 9.87. The number of amides is 1. The molecule has 1 aliphatic rings. The maximum atomic E-state index is 12.3. The van der Waals surface area contributed by atoms with E-state index in [-0.39, 0.29) is 23.6 Å². The highest BCUT2D eigenvalue weighted by atomic mass is 16.5. The van der Waals surface area contributed by atoms with Crippen LogP contribution in [0.25, 0.3) is 0 Å². The topological polar surface area (TPSA) is 62.2 Å². The summed E-state index contributed by atoms with van der Waals surface area (Å²) in [5, 5.41) is 9.90. The molecule has 2 aromatic rings. The summed E-state index contributed by atoms with van der Waals surface area (Å²) in [5.41, 5.74) is 2.27. The molecule has 6 heteroatoms. The highest BCUT2D eigenvalue weighted by molar-refractivity contribution is 5.73. The van der Waals surface area contributed by atoms with Crippen LogP contribution in [0, 0.1) is 5.92 Å². The summed E-state index contributed by atoms with van der Waals surface area (Å²) in [6, 6.07) is 13.8. The molecule has 1 amide bonds. The molecule has 3 rings (SSSR count). The Morgan fingerprint density at radius 1 is 1.13 bits per heavy atom. The Hall–Kier alpha value is -2.73. The van der Waals surface area contributed by atoms with E-state index in [1.165, 1.54) is 5.56 Å². The Morgan fingerprint density at radius 3 is 2.48 bits per heavy atom. The van der Waals surface area contributed by atoms with Crippen LogP contribution in [0.4, 0.5) is 0 Å². The normalized spacial score (nSPS) is 18.9. The van der Waals surface area contributed by atoms with Crippen LogP contribution in [0.5, 0.6) is 17.2 Å². The first-order valence-electron chi connectivity index (χ1n) is 10.8. The molecule has 0 aliphatic carbocycles. The number of aromatic hydroxyl groups is 1. The molecule has 168 valence electrons. The molecule has 0 bridgehead atoms. The fourth-order valence-corrected chi connectivity index (χ4v) is 4.63. The van der Waals surface area contributed by atoms with E-state index in [0.717, 1.165) is 30.9 Å². The number of para-hydroxylation sites is 1. The van der Waals surface area contributed by atoms with E-state index in [4.69, 9.17) is 9.47 Å². The van der Waals surface area contributed by atoms with Gasteiger partial charge in [0.15, 0.2) is 11.5 Å².